The Morgan fingerprint density at radius 3 is 2.61 bits per heavy atom. The van der Waals surface area contributed by atoms with Gasteiger partial charge in [-0.05, 0) is 48.0 Å². The molecule has 1 amide bonds. The molecule has 7 heteroatoms. The van der Waals surface area contributed by atoms with Crippen LogP contribution >= 0.6 is 0 Å². The van der Waals surface area contributed by atoms with Crippen molar-refractivity contribution < 1.29 is 14.5 Å². The summed E-state index contributed by atoms with van der Waals surface area (Å²) in [5, 5.41) is 11.0. The zero-order valence-corrected chi connectivity index (χ0v) is 12.9. The third kappa shape index (κ3) is 3.82. The first kappa shape index (κ1) is 16.4. The van der Waals surface area contributed by atoms with Gasteiger partial charge in [-0.25, -0.2) is 0 Å². The number of rotatable bonds is 6. The number of para-hydroxylation sites is 1. The monoisotopic (exact) mass is 315 g/mol. The standard InChI is InChI=1S/C16H17N3O4/c1-3-18(13-8-5-4-6-9-13)16(20)12(2)23-14-10-7-11-17-15(14)19(21)22/h4-12H,3H2,1-2H3/t12-/m0/s1. The van der Waals surface area contributed by atoms with E-state index in [-0.39, 0.29) is 11.7 Å². The summed E-state index contributed by atoms with van der Waals surface area (Å²) in [4.78, 5) is 28.1. The van der Waals surface area contributed by atoms with Crippen LogP contribution < -0.4 is 9.64 Å². The lowest BCUT2D eigenvalue weighted by atomic mass is 10.2. The Morgan fingerprint density at radius 2 is 2.00 bits per heavy atom. The number of amides is 1. The summed E-state index contributed by atoms with van der Waals surface area (Å²) in [5.41, 5.74) is 0.746. The molecule has 2 aromatic rings. The number of carbonyl (C=O) groups excluding carboxylic acids is 1. The first-order chi connectivity index (χ1) is 11.0. The van der Waals surface area contributed by atoms with Crippen molar-refractivity contribution in [1.29, 1.82) is 0 Å². The molecule has 120 valence electrons. The van der Waals surface area contributed by atoms with Crippen LogP contribution in [0.2, 0.25) is 0 Å². The summed E-state index contributed by atoms with van der Waals surface area (Å²) in [5.74, 6) is -0.714. The van der Waals surface area contributed by atoms with Gasteiger partial charge in [0, 0.05) is 12.2 Å². The van der Waals surface area contributed by atoms with Gasteiger partial charge in [0.1, 0.15) is 6.20 Å². The quantitative estimate of drug-likeness (QED) is 0.604. The molecule has 0 spiro atoms. The van der Waals surface area contributed by atoms with Crippen LogP contribution in [0.15, 0.2) is 48.7 Å². The molecule has 1 aromatic heterocycles. The largest absolute Gasteiger partial charge is 0.473 e. The smallest absolute Gasteiger partial charge is 0.406 e. The Kier molecular flexibility index (Phi) is 5.24. The van der Waals surface area contributed by atoms with Crippen LogP contribution in [0.3, 0.4) is 0 Å². The number of benzene rings is 1. The molecule has 1 aromatic carbocycles. The molecule has 1 heterocycles. The van der Waals surface area contributed by atoms with E-state index in [0.717, 1.165) is 5.69 Å². The lowest BCUT2D eigenvalue weighted by Crippen LogP contribution is -2.40. The van der Waals surface area contributed by atoms with Gasteiger partial charge in [0.05, 0.1) is 0 Å². The van der Waals surface area contributed by atoms with Gasteiger partial charge in [-0.15, -0.1) is 0 Å². The molecule has 23 heavy (non-hydrogen) atoms. The number of pyridine rings is 1. The van der Waals surface area contributed by atoms with E-state index >= 15 is 0 Å². The van der Waals surface area contributed by atoms with Crippen LogP contribution in [-0.2, 0) is 4.79 Å². The van der Waals surface area contributed by atoms with Gasteiger partial charge in [0.15, 0.2) is 6.10 Å². The Morgan fingerprint density at radius 1 is 1.30 bits per heavy atom. The summed E-state index contributed by atoms with van der Waals surface area (Å²) in [7, 11) is 0. The van der Waals surface area contributed by atoms with E-state index in [2.05, 4.69) is 4.98 Å². The number of aromatic nitrogens is 1. The third-order valence-electron chi connectivity index (χ3n) is 3.23. The van der Waals surface area contributed by atoms with Gasteiger partial charge < -0.3 is 19.8 Å². The topological polar surface area (TPSA) is 85.6 Å². The fourth-order valence-electron chi connectivity index (χ4n) is 2.15. The molecule has 0 aliphatic rings. The van der Waals surface area contributed by atoms with E-state index < -0.39 is 16.8 Å². The number of likely N-dealkylation sites (N-methyl/N-ethyl adjacent to an activating group) is 1. The van der Waals surface area contributed by atoms with Crippen LogP contribution in [-0.4, -0.2) is 28.5 Å². The molecule has 0 fully saturated rings. The van der Waals surface area contributed by atoms with Gasteiger partial charge in [-0.1, -0.05) is 18.2 Å². The van der Waals surface area contributed by atoms with Crippen molar-refractivity contribution in [2.45, 2.75) is 20.0 Å². The molecular weight excluding hydrogens is 298 g/mol. The van der Waals surface area contributed by atoms with E-state index in [4.69, 9.17) is 4.74 Å². The number of anilines is 1. The molecule has 2 rings (SSSR count). The minimum Gasteiger partial charge on any atom is -0.473 e. The highest BCUT2D eigenvalue weighted by molar-refractivity contribution is 5.96. The summed E-state index contributed by atoms with van der Waals surface area (Å²) in [6.45, 7) is 3.88. The number of ether oxygens (including phenoxy) is 1. The van der Waals surface area contributed by atoms with Crippen molar-refractivity contribution in [3.8, 4) is 5.75 Å². The van der Waals surface area contributed by atoms with Gasteiger partial charge in [-0.2, -0.15) is 0 Å². The SMILES string of the molecule is CCN(C(=O)[C@H](C)Oc1cccnc1[N+](=O)[O-])c1ccccc1. The summed E-state index contributed by atoms with van der Waals surface area (Å²) in [6.07, 6.45) is 0.429. The Hall–Kier alpha value is -2.96. The molecule has 7 nitrogen and oxygen atoms in total. The van der Waals surface area contributed by atoms with E-state index in [1.54, 1.807) is 11.8 Å². The molecule has 0 aliphatic heterocycles. The molecule has 0 aliphatic carbocycles. The second-order valence-electron chi connectivity index (χ2n) is 4.76. The predicted molar refractivity (Wildman–Crippen MR) is 85.5 cm³/mol. The zero-order chi connectivity index (χ0) is 16.8. The van der Waals surface area contributed by atoms with Gasteiger partial charge >= 0.3 is 5.82 Å². The predicted octanol–water partition coefficient (Wildman–Crippen LogP) is 2.81. The summed E-state index contributed by atoms with van der Waals surface area (Å²) >= 11 is 0. The summed E-state index contributed by atoms with van der Waals surface area (Å²) in [6, 6.07) is 12.1. The highest BCUT2D eigenvalue weighted by atomic mass is 16.6. The van der Waals surface area contributed by atoms with Crippen LogP contribution in [0.25, 0.3) is 0 Å². The highest BCUT2D eigenvalue weighted by Gasteiger charge is 2.25. The molecule has 0 radical (unpaired) electrons. The number of nitrogens with zero attached hydrogens (tertiary/aromatic N) is 3. The molecule has 0 N–H and O–H groups in total. The maximum atomic E-state index is 12.6. The van der Waals surface area contributed by atoms with Crippen LogP contribution in [0.5, 0.6) is 5.75 Å². The number of hydrogen-bond donors (Lipinski definition) is 0. The average molecular weight is 315 g/mol. The van der Waals surface area contributed by atoms with E-state index in [1.165, 1.54) is 18.3 Å². The molecule has 0 bridgehead atoms. The number of hydrogen-bond acceptors (Lipinski definition) is 5. The second kappa shape index (κ2) is 7.35. The fraction of sp³-hybridized carbons (Fsp3) is 0.250. The van der Waals surface area contributed by atoms with Gasteiger partial charge in [0.2, 0.25) is 5.75 Å². The first-order valence-electron chi connectivity index (χ1n) is 7.17. The van der Waals surface area contributed by atoms with Crippen LogP contribution in [0.1, 0.15) is 13.8 Å². The Labute approximate surface area is 133 Å². The minimum atomic E-state index is -0.877. The zero-order valence-electron chi connectivity index (χ0n) is 12.9. The minimum absolute atomic E-state index is 0.0255. The second-order valence-corrected chi connectivity index (χ2v) is 4.76. The maximum absolute atomic E-state index is 12.6. The van der Waals surface area contributed by atoms with Crippen LogP contribution in [0.4, 0.5) is 11.5 Å². The maximum Gasteiger partial charge on any atom is 0.406 e. The molecule has 1 atom stereocenters. The third-order valence-corrected chi connectivity index (χ3v) is 3.23. The first-order valence-corrected chi connectivity index (χ1v) is 7.17. The van der Waals surface area contributed by atoms with Crippen molar-refractivity contribution in [3.05, 3.63) is 58.8 Å². The van der Waals surface area contributed by atoms with Crippen molar-refractivity contribution in [2.75, 3.05) is 11.4 Å². The highest BCUT2D eigenvalue weighted by Crippen LogP contribution is 2.25. The normalized spacial score (nSPS) is 11.6. The van der Waals surface area contributed by atoms with Crippen LogP contribution in [0, 0.1) is 10.1 Å². The average Bonchev–Trinajstić information content (AvgIpc) is 2.56. The van der Waals surface area contributed by atoms with Crippen molar-refractivity contribution >= 4 is 17.4 Å². The van der Waals surface area contributed by atoms with Crippen molar-refractivity contribution in [2.24, 2.45) is 0 Å². The Balaban J connectivity index is 2.18. The lowest BCUT2D eigenvalue weighted by Gasteiger charge is -2.24. The molecule has 0 unspecified atom stereocenters. The fourth-order valence-corrected chi connectivity index (χ4v) is 2.15. The van der Waals surface area contributed by atoms with E-state index in [0.29, 0.717) is 6.54 Å². The van der Waals surface area contributed by atoms with E-state index in [1.807, 2.05) is 37.3 Å². The summed E-state index contributed by atoms with van der Waals surface area (Å²) < 4.78 is 5.48. The molecular formula is C16H17N3O4. The number of nitro groups is 1. The van der Waals surface area contributed by atoms with Gasteiger partial charge in [-0.3, -0.25) is 4.79 Å². The number of carbonyl (C=O) groups is 1. The molecule has 0 saturated carbocycles. The van der Waals surface area contributed by atoms with Gasteiger partial charge in [0.25, 0.3) is 5.91 Å². The lowest BCUT2D eigenvalue weighted by molar-refractivity contribution is -0.390. The van der Waals surface area contributed by atoms with Crippen molar-refractivity contribution in [3.63, 3.8) is 0 Å². The van der Waals surface area contributed by atoms with E-state index in [9.17, 15) is 14.9 Å². The van der Waals surface area contributed by atoms with Crippen molar-refractivity contribution in [1.82, 2.24) is 4.98 Å². The molecule has 0 saturated heterocycles. The Bertz CT molecular complexity index is 691.